The molecule has 0 saturated heterocycles. The van der Waals surface area contributed by atoms with Crippen LogP contribution in [0.3, 0.4) is 0 Å². The van der Waals surface area contributed by atoms with E-state index in [0.717, 1.165) is 18.9 Å². The highest BCUT2D eigenvalue weighted by molar-refractivity contribution is 7.89. The summed E-state index contributed by atoms with van der Waals surface area (Å²) in [5.41, 5.74) is 5.88. The first kappa shape index (κ1) is 18.0. The standard InChI is InChI=1S/C14H23FN2O3S/c1-2-3-8-20-9-4-7-17-21(18,19)14-10-13(15)6-5-12(14)11-16/h5-6,10,17H,2-4,7-9,11,16H2,1H3. The number of benzene rings is 1. The van der Waals surface area contributed by atoms with Crippen LogP contribution in [0.5, 0.6) is 0 Å². The van der Waals surface area contributed by atoms with Gasteiger partial charge < -0.3 is 10.5 Å². The van der Waals surface area contributed by atoms with Crippen molar-refractivity contribution in [3.63, 3.8) is 0 Å². The van der Waals surface area contributed by atoms with Crippen LogP contribution in [0.4, 0.5) is 4.39 Å². The van der Waals surface area contributed by atoms with Crippen molar-refractivity contribution in [1.29, 1.82) is 0 Å². The van der Waals surface area contributed by atoms with E-state index in [1.165, 1.54) is 12.1 Å². The van der Waals surface area contributed by atoms with Crippen LogP contribution in [0, 0.1) is 5.82 Å². The number of hydrogen-bond donors (Lipinski definition) is 2. The van der Waals surface area contributed by atoms with Gasteiger partial charge in [-0.25, -0.2) is 17.5 Å². The van der Waals surface area contributed by atoms with Crippen molar-refractivity contribution in [1.82, 2.24) is 4.72 Å². The van der Waals surface area contributed by atoms with Gasteiger partial charge in [-0.1, -0.05) is 19.4 Å². The second kappa shape index (κ2) is 9.09. The molecule has 0 fully saturated rings. The third-order valence-electron chi connectivity index (χ3n) is 2.94. The molecule has 0 saturated carbocycles. The molecule has 1 aromatic rings. The topological polar surface area (TPSA) is 81.4 Å². The lowest BCUT2D eigenvalue weighted by atomic mass is 10.2. The SMILES string of the molecule is CCCCOCCCNS(=O)(=O)c1cc(F)ccc1CN. The van der Waals surface area contributed by atoms with E-state index >= 15 is 0 Å². The number of rotatable bonds is 10. The Balaban J connectivity index is 2.52. The van der Waals surface area contributed by atoms with Crippen LogP contribution in [0.1, 0.15) is 31.7 Å². The summed E-state index contributed by atoms with van der Waals surface area (Å²) in [6.45, 7) is 3.54. The molecule has 21 heavy (non-hydrogen) atoms. The smallest absolute Gasteiger partial charge is 0.240 e. The molecule has 120 valence electrons. The highest BCUT2D eigenvalue weighted by Gasteiger charge is 2.18. The molecule has 7 heteroatoms. The molecule has 0 heterocycles. The van der Waals surface area contributed by atoms with Crippen molar-refractivity contribution in [2.75, 3.05) is 19.8 Å². The quantitative estimate of drug-likeness (QED) is 0.644. The van der Waals surface area contributed by atoms with Gasteiger partial charge in [-0.15, -0.1) is 0 Å². The fourth-order valence-corrected chi connectivity index (χ4v) is 3.09. The van der Waals surface area contributed by atoms with Crippen LogP contribution in [0.2, 0.25) is 0 Å². The van der Waals surface area contributed by atoms with Gasteiger partial charge in [-0.05, 0) is 30.5 Å². The first-order valence-electron chi connectivity index (χ1n) is 7.07. The maximum atomic E-state index is 13.2. The van der Waals surface area contributed by atoms with E-state index in [9.17, 15) is 12.8 Å². The van der Waals surface area contributed by atoms with Crippen LogP contribution in [0.25, 0.3) is 0 Å². The van der Waals surface area contributed by atoms with Crippen LogP contribution >= 0.6 is 0 Å². The fraction of sp³-hybridized carbons (Fsp3) is 0.571. The molecule has 1 aromatic carbocycles. The highest BCUT2D eigenvalue weighted by atomic mass is 32.2. The Morgan fingerprint density at radius 2 is 2.00 bits per heavy atom. The Hall–Kier alpha value is -1.02. The summed E-state index contributed by atoms with van der Waals surface area (Å²) in [6.07, 6.45) is 2.62. The van der Waals surface area contributed by atoms with Crippen molar-refractivity contribution >= 4 is 10.0 Å². The first-order valence-corrected chi connectivity index (χ1v) is 8.55. The molecule has 0 aliphatic rings. The van der Waals surface area contributed by atoms with Crippen LogP contribution in [0.15, 0.2) is 23.1 Å². The largest absolute Gasteiger partial charge is 0.381 e. The Bertz CT molecular complexity index is 535. The summed E-state index contributed by atoms with van der Waals surface area (Å²) in [5, 5.41) is 0. The lowest BCUT2D eigenvalue weighted by Gasteiger charge is -2.10. The lowest BCUT2D eigenvalue weighted by Crippen LogP contribution is -2.27. The van der Waals surface area contributed by atoms with Crippen LogP contribution in [-0.4, -0.2) is 28.2 Å². The number of halogens is 1. The molecule has 1 rings (SSSR count). The Morgan fingerprint density at radius 1 is 1.29 bits per heavy atom. The third kappa shape index (κ3) is 6.09. The van der Waals surface area contributed by atoms with E-state index in [0.29, 0.717) is 25.2 Å². The van der Waals surface area contributed by atoms with Gasteiger partial charge in [0, 0.05) is 26.3 Å². The van der Waals surface area contributed by atoms with E-state index in [1.54, 1.807) is 0 Å². The molecule has 0 aliphatic heterocycles. The number of unbranched alkanes of at least 4 members (excludes halogenated alkanes) is 1. The summed E-state index contributed by atoms with van der Waals surface area (Å²) in [7, 11) is -3.75. The summed E-state index contributed by atoms with van der Waals surface area (Å²) in [4.78, 5) is -0.100. The third-order valence-corrected chi connectivity index (χ3v) is 4.48. The molecule has 5 nitrogen and oxygen atoms in total. The number of nitrogens with one attached hydrogen (secondary N) is 1. The highest BCUT2D eigenvalue weighted by Crippen LogP contribution is 2.16. The molecule has 0 bridgehead atoms. The van der Waals surface area contributed by atoms with Crippen molar-refractivity contribution < 1.29 is 17.5 Å². The van der Waals surface area contributed by atoms with E-state index in [2.05, 4.69) is 11.6 Å². The molecular formula is C14H23FN2O3S. The van der Waals surface area contributed by atoms with Gasteiger partial charge in [-0.2, -0.15) is 0 Å². The summed E-state index contributed by atoms with van der Waals surface area (Å²) >= 11 is 0. The molecule has 0 spiro atoms. The number of hydrogen-bond acceptors (Lipinski definition) is 4. The van der Waals surface area contributed by atoms with Crippen molar-refractivity contribution in [3.8, 4) is 0 Å². The van der Waals surface area contributed by atoms with Crippen LogP contribution < -0.4 is 10.5 Å². The minimum atomic E-state index is -3.75. The van der Waals surface area contributed by atoms with Crippen molar-refractivity contribution in [2.45, 2.75) is 37.6 Å². The van der Waals surface area contributed by atoms with Gasteiger partial charge in [0.2, 0.25) is 10.0 Å². The minimum Gasteiger partial charge on any atom is -0.381 e. The van der Waals surface area contributed by atoms with E-state index < -0.39 is 15.8 Å². The van der Waals surface area contributed by atoms with Gasteiger partial charge >= 0.3 is 0 Å². The second-order valence-electron chi connectivity index (χ2n) is 4.67. The zero-order chi connectivity index (χ0) is 15.7. The summed E-state index contributed by atoms with van der Waals surface area (Å²) < 4.78 is 45.3. The minimum absolute atomic E-state index is 0.0383. The van der Waals surface area contributed by atoms with E-state index in [1.807, 2.05) is 0 Å². The lowest BCUT2D eigenvalue weighted by molar-refractivity contribution is 0.130. The molecule has 0 aromatic heterocycles. The molecule has 0 amide bonds. The van der Waals surface area contributed by atoms with Gasteiger partial charge in [0.1, 0.15) is 5.82 Å². The average molecular weight is 318 g/mol. The fourth-order valence-electron chi connectivity index (χ4n) is 1.75. The average Bonchev–Trinajstić information content (AvgIpc) is 2.46. The Morgan fingerprint density at radius 3 is 2.67 bits per heavy atom. The first-order chi connectivity index (χ1) is 10.0. The van der Waals surface area contributed by atoms with Gasteiger partial charge in [0.15, 0.2) is 0 Å². The predicted molar refractivity (Wildman–Crippen MR) is 79.8 cm³/mol. The maximum Gasteiger partial charge on any atom is 0.240 e. The Labute approximate surface area is 125 Å². The molecule has 0 unspecified atom stereocenters. The molecule has 0 atom stereocenters. The summed E-state index contributed by atoms with van der Waals surface area (Å²) in [6, 6.07) is 3.57. The molecule has 0 radical (unpaired) electrons. The molecular weight excluding hydrogens is 295 g/mol. The zero-order valence-electron chi connectivity index (χ0n) is 12.3. The number of nitrogens with two attached hydrogens (primary N) is 1. The molecule has 0 aliphatic carbocycles. The van der Waals surface area contributed by atoms with E-state index in [-0.39, 0.29) is 18.0 Å². The number of sulfonamides is 1. The van der Waals surface area contributed by atoms with Crippen molar-refractivity contribution in [3.05, 3.63) is 29.6 Å². The Kier molecular flexibility index (Phi) is 7.81. The number of ether oxygens (including phenoxy) is 1. The second-order valence-corrected chi connectivity index (χ2v) is 6.41. The van der Waals surface area contributed by atoms with Gasteiger partial charge in [0.25, 0.3) is 0 Å². The van der Waals surface area contributed by atoms with Gasteiger partial charge in [-0.3, -0.25) is 0 Å². The normalized spacial score (nSPS) is 11.8. The predicted octanol–water partition coefficient (Wildman–Crippen LogP) is 1.77. The van der Waals surface area contributed by atoms with Crippen molar-refractivity contribution in [2.24, 2.45) is 5.73 Å². The summed E-state index contributed by atoms with van der Waals surface area (Å²) in [5.74, 6) is -0.601. The maximum absolute atomic E-state index is 13.2. The van der Waals surface area contributed by atoms with E-state index in [4.69, 9.17) is 10.5 Å². The zero-order valence-corrected chi connectivity index (χ0v) is 13.1. The van der Waals surface area contributed by atoms with Crippen LogP contribution in [-0.2, 0) is 21.3 Å². The monoisotopic (exact) mass is 318 g/mol. The molecule has 3 N–H and O–H groups in total. The van der Waals surface area contributed by atoms with Gasteiger partial charge in [0.05, 0.1) is 4.90 Å².